The Bertz CT molecular complexity index is 652. The minimum atomic E-state index is 0.855. The lowest BCUT2D eigenvalue weighted by Gasteiger charge is -2.07. The standard InChI is InChI=1S/C13H15N5/c1-17-9-6-11(16-17)5-7-14-12-3-2-4-13-15-8-10-18(12)13/h2-4,6,8-10,14H,5,7H2,1H3. The molecule has 0 unspecified atom stereocenters. The van der Waals surface area contributed by atoms with Crippen molar-refractivity contribution in [1.29, 1.82) is 0 Å². The summed E-state index contributed by atoms with van der Waals surface area (Å²) in [5.74, 6) is 1.06. The number of anilines is 1. The van der Waals surface area contributed by atoms with Gasteiger partial charge in [-0.2, -0.15) is 5.10 Å². The van der Waals surface area contributed by atoms with E-state index in [2.05, 4.69) is 15.4 Å². The molecule has 0 saturated heterocycles. The minimum absolute atomic E-state index is 0.855. The molecule has 0 fully saturated rings. The predicted molar refractivity (Wildman–Crippen MR) is 70.6 cm³/mol. The predicted octanol–water partition coefficient (Wildman–Crippen LogP) is 1.72. The molecule has 18 heavy (non-hydrogen) atoms. The van der Waals surface area contributed by atoms with Crippen LogP contribution in [0.3, 0.4) is 0 Å². The molecule has 3 heterocycles. The number of aromatic nitrogens is 4. The van der Waals surface area contributed by atoms with Crippen LogP contribution in [-0.2, 0) is 13.5 Å². The highest BCUT2D eigenvalue weighted by molar-refractivity contribution is 5.49. The molecule has 0 aliphatic rings. The van der Waals surface area contributed by atoms with Crippen LogP contribution in [0.2, 0.25) is 0 Å². The topological polar surface area (TPSA) is 47.2 Å². The molecule has 0 aromatic carbocycles. The van der Waals surface area contributed by atoms with Crippen molar-refractivity contribution in [1.82, 2.24) is 19.2 Å². The molecule has 0 aliphatic heterocycles. The highest BCUT2D eigenvalue weighted by Gasteiger charge is 2.00. The molecule has 0 aliphatic carbocycles. The van der Waals surface area contributed by atoms with Crippen LogP contribution >= 0.6 is 0 Å². The first-order chi connectivity index (χ1) is 8.83. The summed E-state index contributed by atoms with van der Waals surface area (Å²) >= 11 is 0. The van der Waals surface area contributed by atoms with Gasteiger partial charge in [-0.25, -0.2) is 4.98 Å². The molecule has 5 nitrogen and oxygen atoms in total. The van der Waals surface area contributed by atoms with Crippen LogP contribution in [0.1, 0.15) is 5.69 Å². The number of nitrogens with zero attached hydrogens (tertiary/aromatic N) is 4. The van der Waals surface area contributed by atoms with Crippen LogP contribution in [-0.4, -0.2) is 25.7 Å². The number of pyridine rings is 1. The van der Waals surface area contributed by atoms with E-state index in [1.165, 1.54) is 0 Å². The first-order valence-corrected chi connectivity index (χ1v) is 5.97. The molecule has 1 N–H and O–H groups in total. The van der Waals surface area contributed by atoms with E-state index in [0.717, 1.165) is 30.1 Å². The Hall–Kier alpha value is -2.30. The molecule has 0 saturated carbocycles. The maximum atomic E-state index is 4.35. The number of hydrogen-bond donors (Lipinski definition) is 1. The average molecular weight is 241 g/mol. The highest BCUT2D eigenvalue weighted by Crippen LogP contribution is 2.10. The first-order valence-electron chi connectivity index (χ1n) is 5.97. The summed E-state index contributed by atoms with van der Waals surface area (Å²) in [5.41, 5.74) is 2.06. The number of fused-ring (bicyclic) bond motifs is 1. The summed E-state index contributed by atoms with van der Waals surface area (Å²) in [6, 6.07) is 8.09. The van der Waals surface area contributed by atoms with Gasteiger partial charge in [-0.15, -0.1) is 0 Å². The summed E-state index contributed by atoms with van der Waals surface area (Å²) < 4.78 is 3.87. The fourth-order valence-electron chi connectivity index (χ4n) is 2.01. The molecular formula is C13H15N5. The third-order valence-corrected chi connectivity index (χ3v) is 2.88. The van der Waals surface area contributed by atoms with E-state index in [4.69, 9.17) is 0 Å². The van der Waals surface area contributed by atoms with Crippen molar-refractivity contribution >= 4 is 11.5 Å². The number of rotatable bonds is 4. The zero-order valence-electron chi connectivity index (χ0n) is 10.2. The summed E-state index contributed by atoms with van der Waals surface area (Å²) in [4.78, 5) is 4.26. The maximum absolute atomic E-state index is 4.35. The van der Waals surface area contributed by atoms with E-state index in [9.17, 15) is 0 Å². The Morgan fingerprint density at radius 3 is 3.00 bits per heavy atom. The van der Waals surface area contributed by atoms with Crippen LogP contribution in [0.25, 0.3) is 5.65 Å². The molecule has 0 radical (unpaired) electrons. The molecular weight excluding hydrogens is 226 g/mol. The summed E-state index contributed by atoms with van der Waals surface area (Å²) in [6.45, 7) is 0.855. The van der Waals surface area contributed by atoms with E-state index >= 15 is 0 Å². The Kier molecular flexibility index (Phi) is 2.72. The second kappa shape index (κ2) is 4.52. The van der Waals surface area contributed by atoms with Gasteiger partial charge in [0.05, 0.1) is 5.69 Å². The molecule has 92 valence electrons. The van der Waals surface area contributed by atoms with E-state index in [1.807, 2.05) is 52.8 Å². The summed E-state index contributed by atoms with van der Waals surface area (Å²) in [5, 5.41) is 7.76. The van der Waals surface area contributed by atoms with Gasteiger partial charge in [0.15, 0.2) is 0 Å². The zero-order valence-corrected chi connectivity index (χ0v) is 10.2. The van der Waals surface area contributed by atoms with Crippen LogP contribution in [0.5, 0.6) is 0 Å². The van der Waals surface area contributed by atoms with Crippen LogP contribution in [0, 0.1) is 0 Å². The lowest BCUT2D eigenvalue weighted by Crippen LogP contribution is -2.08. The van der Waals surface area contributed by atoms with Crippen LogP contribution in [0.15, 0.2) is 42.9 Å². The normalized spacial score (nSPS) is 10.9. The van der Waals surface area contributed by atoms with Crippen molar-refractivity contribution in [3.05, 3.63) is 48.5 Å². The summed E-state index contributed by atoms with van der Waals surface area (Å²) in [6.07, 6.45) is 6.63. The molecule has 0 atom stereocenters. The number of imidazole rings is 1. The van der Waals surface area contributed by atoms with Gasteiger partial charge in [0.1, 0.15) is 11.5 Å². The SMILES string of the molecule is Cn1ccc(CCNc2cccc3nccn23)n1. The fourth-order valence-corrected chi connectivity index (χ4v) is 2.01. The van der Waals surface area contributed by atoms with Crippen molar-refractivity contribution < 1.29 is 0 Å². The molecule has 0 amide bonds. The molecule has 5 heteroatoms. The van der Waals surface area contributed by atoms with E-state index in [1.54, 1.807) is 6.20 Å². The van der Waals surface area contributed by atoms with Crippen molar-refractivity contribution in [3.8, 4) is 0 Å². The van der Waals surface area contributed by atoms with Crippen molar-refractivity contribution in [2.75, 3.05) is 11.9 Å². The molecule has 3 rings (SSSR count). The molecule has 0 bridgehead atoms. The maximum Gasteiger partial charge on any atom is 0.138 e. The van der Waals surface area contributed by atoms with Gasteiger partial charge < -0.3 is 5.32 Å². The Labute approximate surface area is 105 Å². The first kappa shape index (κ1) is 10.8. The van der Waals surface area contributed by atoms with Gasteiger partial charge in [0, 0.05) is 38.6 Å². The van der Waals surface area contributed by atoms with Crippen molar-refractivity contribution in [2.24, 2.45) is 7.05 Å². The van der Waals surface area contributed by atoms with Gasteiger partial charge in [-0.1, -0.05) is 6.07 Å². The Morgan fingerprint density at radius 2 is 2.17 bits per heavy atom. The third-order valence-electron chi connectivity index (χ3n) is 2.88. The number of hydrogen-bond acceptors (Lipinski definition) is 3. The quantitative estimate of drug-likeness (QED) is 0.756. The van der Waals surface area contributed by atoms with Crippen molar-refractivity contribution in [3.63, 3.8) is 0 Å². The van der Waals surface area contributed by atoms with E-state index in [0.29, 0.717) is 0 Å². The largest absolute Gasteiger partial charge is 0.371 e. The number of aryl methyl sites for hydroxylation is 1. The number of nitrogens with one attached hydrogen (secondary N) is 1. The van der Waals surface area contributed by atoms with E-state index < -0.39 is 0 Å². The molecule has 3 aromatic rings. The van der Waals surface area contributed by atoms with Gasteiger partial charge in [0.2, 0.25) is 0 Å². The van der Waals surface area contributed by atoms with Gasteiger partial charge >= 0.3 is 0 Å². The lowest BCUT2D eigenvalue weighted by molar-refractivity contribution is 0.741. The van der Waals surface area contributed by atoms with Gasteiger partial charge in [-0.3, -0.25) is 9.08 Å². The van der Waals surface area contributed by atoms with Gasteiger partial charge in [-0.05, 0) is 18.2 Å². The van der Waals surface area contributed by atoms with Gasteiger partial charge in [0.25, 0.3) is 0 Å². The Morgan fingerprint density at radius 1 is 1.22 bits per heavy atom. The lowest BCUT2D eigenvalue weighted by atomic mass is 10.3. The second-order valence-electron chi connectivity index (χ2n) is 4.22. The Balaban J connectivity index is 1.68. The van der Waals surface area contributed by atoms with Crippen LogP contribution in [0.4, 0.5) is 5.82 Å². The van der Waals surface area contributed by atoms with Crippen LogP contribution < -0.4 is 5.32 Å². The zero-order chi connectivity index (χ0) is 12.4. The second-order valence-corrected chi connectivity index (χ2v) is 4.22. The smallest absolute Gasteiger partial charge is 0.138 e. The van der Waals surface area contributed by atoms with Crippen molar-refractivity contribution in [2.45, 2.75) is 6.42 Å². The van der Waals surface area contributed by atoms with E-state index in [-0.39, 0.29) is 0 Å². The average Bonchev–Trinajstić information content (AvgIpc) is 2.98. The fraction of sp³-hybridized carbons (Fsp3) is 0.231. The minimum Gasteiger partial charge on any atom is -0.371 e. The highest BCUT2D eigenvalue weighted by atomic mass is 15.2. The molecule has 0 spiro atoms. The third kappa shape index (κ3) is 2.07. The summed E-state index contributed by atoms with van der Waals surface area (Å²) in [7, 11) is 1.93. The molecule has 3 aromatic heterocycles. The monoisotopic (exact) mass is 241 g/mol.